The summed E-state index contributed by atoms with van der Waals surface area (Å²) in [5.74, 6) is 0. The van der Waals surface area contributed by atoms with Crippen molar-refractivity contribution in [2.75, 3.05) is 0 Å². The third-order valence-electron chi connectivity index (χ3n) is 2.82. The maximum atomic E-state index is 10.4. The van der Waals surface area contributed by atoms with Crippen LogP contribution in [0.15, 0.2) is 54.2 Å². The van der Waals surface area contributed by atoms with Crippen LogP contribution in [-0.2, 0) is 0 Å². The second-order valence-electron chi connectivity index (χ2n) is 3.86. The van der Waals surface area contributed by atoms with Crippen LogP contribution in [0.4, 0.5) is 0 Å². The molecule has 3 aromatic rings. The molecule has 3 rings (SSSR count). The Kier molecular flexibility index (Phi) is 2.63. The van der Waals surface area contributed by atoms with E-state index < -0.39 is 6.10 Å². The predicted octanol–water partition coefficient (Wildman–Crippen LogP) is 3.38. The van der Waals surface area contributed by atoms with Gasteiger partial charge in [-0.3, -0.25) is 4.98 Å². The van der Waals surface area contributed by atoms with Gasteiger partial charge in [0.1, 0.15) is 6.10 Å². The van der Waals surface area contributed by atoms with Crippen molar-refractivity contribution in [1.29, 1.82) is 0 Å². The fourth-order valence-corrected chi connectivity index (χ4v) is 2.71. The number of hydrogen-bond donors (Lipinski definition) is 1. The van der Waals surface area contributed by atoms with E-state index in [2.05, 4.69) is 4.98 Å². The number of fused-ring (bicyclic) bond motifs is 1. The van der Waals surface area contributed by atoms with Gasteiger partial charge in [-0.2, -0.15) is 0 Å². The van der Waals surface area contributed by atoms with E-state index in [1.807, 2.05) is 48.0 Å². The van der Waals surface area contributed by atoms with Crippen molar-refractivity contribution >= 4 is 22.1 Å². The van der Waals surface area contributed by atoms with Crippen LogP contribution in [0.3, 0.4) is 0 Å². The Morgan fingerprint density at radius 2 is 2.06 bits per heavy atom. The highest BCUT2D eigenvalue weighted by Crippen LogP contribution is 2.30. The first-order valence-electron chi connectivity index (χ1n) is 5.40. The van der Waals surface area contributed by atoms with E-state index in [0.29, 0.717) is 0 Å². The Hall–Kier alpha value is -1.71. The highest BCUT2D eigenvalue weighted by atomic mass is 32.1. The Balaban J connectivity index is 2.17. The van der Waals surface area contributed by atoms with Crippen molar-refractivity contribution in [3.63, 3.8) is 0 Å². The summed E-state index contributed by atoms with van der Waals surface area (Å²) in [5, 5.41) is 14.5. The second kappa shape index (κ2) is 4.28. The molecule has 2 aromatic heterocycles. The molecule has 1 unspecified atom stereocenters. The largest absolute Gasteiger partial charge is 0.383 e. The van der Waals surface area contributed by atoms with E-state index >= 15 is 0 Å². The Morgan fingerprint density at radius 3 is 2.88 bits per heavy atom. The maximum Gasteiger partial charge on any atom is 0.114 e. The highest BCUT2D eigenvalue weighted by Gasteiger charge is 2.13. The summed E-state index contributed by atoms with van der Waals surface area (Å²) in [7, 11) is 0. The van der Waals surface area contributed by atoms with E-state index in [0.717, 1.165) is 21.2 Å². The lowest BCUT2D eigenvalue weighted by Gasteiger charge is -2.11. The monoisotopic (exact) mass is 241 g/mol. The lowest BCUT2D eigenvalue weighted by atomic mass is 10.0. The first-order valence-corrected chi connectivity index (χ1v) is 6.28. The fraction of sp³-hybridized carbons (Fsp3) is 0.0714. The molecule has 0 fully saturated rings. The molecule has 2 heterocycles. The zero-order chi connectivity index (χ0) is 11.7. The zero-order valence-corrected chi connectivity index (χ0v) is 9.89. The van der Waals surface area contributed by atoms with Crippen LogP contribution >= 0.6 is 11.3 Å². The van der Waals surface area contributed by atoms with Crippen LogP contribution in [0.2, 0.25) is 0 Å². The summed E-state index contributed by atoms with van der Waals surface area (Å²) in [5.41, 5.74) is 0.937. The molecule has 3 heteroatoms. The summed E-state index contributed by atoms with van der Waals surface area (Å²) in [6.45, 7) is 0. The van der Waals surface area contributed by atoms with Gasteiger partial charge in [0.05, 0.1) is 0 Å². The van der Waals surface area contributed by atoms with E-state index in [9.17, 15) is 5.11 Å². The molecule has 0 saturated carbocycles. The molecule has 1 atom stereocenters. The third-order valence-corrected chi connectivity index (χ3v) is 3.75. The number of thiophene rings is 1. The quantitative estimate of drug-likeness (QED) is 0.746. The summed E-state index contributed by atoms with van der Waals surface area (Å²) in [6.07, 6.45) is 3.02. The number of aliphatic hydroxyl groups excluding tert-OH is 1. The zero-order valence-electron chi connectivity index (χ0n) is 9.08. The minimum absolute atomic E-state index is 0.555. The summed E-state index contributed by atoms with van der Waals surface area (Å²) >= 11 is 1.57. The molecule has 0 bridgehead atoms. The van der Waals surface area contributed by atoms with E-state index in [1.54, 1.807) is 17.5 Å². The number of benzene rings is 1. The lowest BCUT2D eigenvalue weighted by Crippen LogP contribution is -1.98. The van der Waals surface area contributed by atoms with Crippen molar-refractivity contribution < 1.29 is 5.11 Å². The number of aliphatic hydroxyl groups is 1. The third kappa shape index (κ3) is 1.84. The number of pyridine rings is 1. The van der Waals surface area contributed by atoms with Gasteiger partial charge in [0.15, 0.2) is 0 Å². The molecule has 0 aliphatic carbocycles. The molecule has 0 aliphatic heterocycles. The minimum Gasteiger partial charge on any atom is -0.383 e. The molecule has 84 valence electrons. The molecule has 0 radical (unpaired) electrons. The molecule has 0 spiro atoms. The van der Waals surface area contributed by atoms with Gasteiger partial charge in [-0.1, -0.05) is 24.3 Å². The van der Waals surface area contributed by atoms with Crippen LogP contribution in [0.25, 0.3) is 10.8 Å². The van der Waals surface area contributed by atoms with Gasteiger partial charge in [-0.25, -0.2) is 0 Å². The van der Waals surface area contributed by atoms with Gasteiger partial charge in [0.25, 0.3) is 0 Å². The van der Waals surface area contributed by atoms with Gasteiger partial charge in [-0.15, -0.1) is 11.3 Å². The second-order valence-corrected chi connectivity index (χ2v) is 4.84. The Morgan fingerprint density at radius 1 is 1.12 bits per heavy atom. The minimum atomic E-state index is -0.555. The van der Waals surface area contributed by atoms with E-state index in [-0.39, 0.29) is 0 Å². The predicted molar refractivity (Wildman–Crippen MR) is 70.1 cm³/mol. The van der Waals surface area contributed by atoms with Gasteiger partial charge in [-0.05, 0) is 28.5 Å². The standard InChI is InChI=1S/C14H11NOS/c16-14(13-5-2-8-17-13)12-4-1-3-10-9-15-7-6-11(10)12/h1-9,14,16H. The van der Waals surface area contributed by atoms with E-state index in [4.69, 9.17) is 0 Å². The number of hydrogen-bond acceptors (Lipinski definition) is 3. The number of rotatable bonds is 2. The van der Waals surface area contributed by atoms with Crippen molar-refractivity contribution in [2.24, 2.45) is 0 Å². The summed E-state index contributed by atoms with van der Waals surface area (Å²) in [4.78, 5) is 5.06. The molecular weight excluding hydrogens is 230 g/mol. The SMILES string of the molecule is OC(c1cccs1)c1cccc2cnccc12. The van der Waals surface area contributed by atoms with Crippen molar-refractivity contribution in [1.82, 2.24) is 4.98 Å². The maximum absolute atomic E-state index is 10.4. The molecule has 0 amide bonds. The van der Waals surface area contributed by atoms with Crippen LogP contribution in [0, 0.1) is 0 Å². The van der Waals surface area contributed by atoms with E-state index in [1.165, 1.54) is 0 Å². The van der Waals surface area contributed by atoms with Gasteiger partial charge in [0, 0.05) is 22.7 Å². The molecule has 2 nitrogen and oxygen atoms in total. The normalized spacial score (nSPS) is 12.8. The molecular formula is C14H11NOS. The summed E-state index contributed by atoms with van der Waals surface area (Å²) < 4.78 is 0. The van der Waals surface area contributed by atoms with Gasteiger partial charge < -0.3 is 5.11 Å². The molecule has 0 saturated heterocycles. The Bertz CT molecular complexity index is 628. The molecule has 1 aromatic carbocycles. The van der Waals surface area contributed by atoms with Crippen molar-refractivity contribution in [3.8, 4) is 0 Å². The van der Waals surface area contributed by atoms with Crippen molar-refractivity contribution in [2.45, 2.75) is 6.10 Å². The van der Waals surface area contributed by atoms with Crippen LogP contribution in [0.5, 0.6) is 0 Å². The van der Waals surface area contributed by atoms with Crippen LogP contribution in [-0.4, -0.2) is 10.1 Å². The average molecular weight is 241 g/mol. The first-order chi connectivity index (χ1) is 8.36. The number of aromatic nitrogens is 1. The number of nitrogens with zero attached hydrogens (tertiary/aromatic N) is 1. The molecule has 17 heavy (non-hydrogen) atoms. The Labute approximate surface area is 103 Å². The summed E-state index contributed by atoms with van der Waals surface area (Å²) in [6, 6.07) is 11.8. The topological polar surface area (TPSA) is 33.1 Å². The van der Waals surface area contributed by atoms with Gasteiger partial charge in [0.2, 0.25) is 0 Å². The first kappa shape index (κ1) is 10.4. The van der Waals surface area contributed by atoms with Gasteiger partial charge >= 0.3 is 0 Å². The lowest BCUT2D eigenvalue weighted by molar-refractivity contribution is 0.226. The smallest absolute Gasteiger partial charge is 0.114 e. The highest BCUT2D eigenvalue weighted by molar-refractivity contribution is 7.10. The van der Waals surface area contributed by atoms with Crippen LogP contribution in [0.1, 0.15) is 16.5 Å². The van der Waals surface area contributed by atoms with Crippen LogP contribution < -0.4 is 0 Å². The average Bonchev–Trinajstić information content (AvgIpc) is 2.91. The fourth-order valence-electron chi connectivity index (χ4n) is 1.99. The molecule has 0 aliphatic rings. The molecule has 1 N–H and O–H groups in total. The van der Waals surface area contributed by atoms with Crippen molar-refractivity contribution in [3.05, 3.63) is 64.6 Å².